The molecule has 1 saturated heterocycles. The Morgan fingerprint density at radius 1 is 0.964 bits per heavy atom. The maximum atomic E-state index is 12.7. The van der Waals surface area contributed by atoms with Crippen molar-refractivity contribution in [3.63, 3.8) is 0 Å². The number of piperazine rings is 1. The number of hydrogen-bond acceptors (Lipinski definition) is 3. The maximum absolute atomic E-state index is 12.7. The lowest BCUT2D eigenvalue weighted by Gasteiger charge is -2.34. The largest absolute Gasteiger partial charge is 0.497 e. The standard InChI is InChI=1S/C22H27N3O3/c1-16(2)17-7-9-19(10-8-17)23-22(27)25-13-11-24(12-14-25)21(26)18-5-4-6-20(15-18)28-3/h4-10,15-16H,11-14H2,1-3H3,(H,23,27). The van der Waals surface area contributed by atoms with Crippen molar-refractivity contribution in [2.24, 2.45) is 0 Å². The number of methoxy groups -OCH3 is 1. The Balaban J connectivity index is 1.54. The van der Waals surface area contributed by atoms with E-state index < -0.39 is 0 Å². The van der Waals surface area contributed by atoms with E-state index in [0.29, 0.717) is 43.4 Å². The van der Waals surface area contributed by atoms with Crippen LogP contribution in [0.15, 0.2) is 48.5 Å². The van der Waals surface area contributed by atoms with Crippen molar-refractivity contribution in [1.29, 1.82) is 0 Å². The number of anilines is 1. The Kier molecular flexibility index (Phi) is 6.19. The van der Waals surface area contributed by atoms with Crippen LogP contribution >= 0.6 is 0 Å². The van der Waals surface area contributed by atoms with Crippen LogP contribution < -0.4 is 10.1 Å². The summed E-state index contributed by atoms with van der Waals surface area (Å²) < 4.78 is 5.19. The van der Waals surface area contributed by atoms with Crippen LogP contribution in [-0.4, -0.2) is 55.0 Å². The van der Waals surface area contributed by atoms with Crippen molar-refractivity contribution in [3.05, 3.63) is 59.7 Å². The molecule has 28 heavy (non-hydrogen) atoms. The van der Waals surface area contributed by atoms with E-state index in [1.54, 1.807) is 35.1 Å². The minimum atomic E-state index is -0.134. The van der Waals surface area contributed by atoms with Gasteiger partial charge in [-0.15, -0.1) is 0 Å². The number of benzene rings is 2. The first-order valence-corrected chi connectivity index (χ1v) is 9.57. The third kappa shape index (κ3) is 4.63. The summed E-state index contributed by atoms with van der Waals surface area (Å²) in [6.07, 6.45) is 0. The Hall–Kier alpha value is -3.02. The Morgan fingerprint density at radius 3 is 2.21 bits per heavy atom. The fourth-order valence-corrected chi connectivity index (χ4v) is 3.21. The zero-order chi connectivity index (χ0) is 20.1. The number of carbonyl (C=O) groups is 2. The lowest BCUT2D eigenvalue weighted by Crippen LogP contribution is -2.51. The molecular weight excluding hydrogens is 354 g/mol. The van der Waals surface area contributed by atoms with Gasteiger partial charge in [0.05, 0.1) is 7.11 Å². The quantitative estimate of drug-likeness (QED) is 0.876. The summed E-state index contributed by atoms with van der Waals surface area (Å²) in [4.78, 5) is 28.7. The van der Waals surface area contributed by atoms with E-state index in [0.717, 1.165) is 5.69 Å². The molecule has 3 amide bonds. The molecule has 1 fully saturated rings. The predicted molar refractivity (Wildman–Crippen MR) is 110 cm³/mol. The van der Waals surface area contributed by atoms with Crippen LogP contribution in [0.2, 0.25) is 0 Å². The highest BCUT2D eigenvalue weighted by Crippen LogP contribution is 2.18. The summed E-state index contributed by atoms with van der Waals surface area (Å²) in [7, 11) is 1.58. The van der Waals surface area contributed by atoms with E-state index >= 15 is 0 Å². The van der Waals surface area contributed by atoms with Gasteiger partial charge in [-0.25, -0.2) is 4.79 Å². The number of rotatable bonds is 4. The van der Waals surface area contributed by atoms with Gasteiger partial charge < -0.3 is 19.9 Å². The number of carbonyl (C=O) groups excluding carboxylic acids is 2. The van der Waals surface area contributed by atoms with Gasteiger partial charge in [-0.2, -0.15) is 0 Å². The molecule has 0 saturated carbocycles. The van der Waals surface area contributed by atoms with Crippen LogP contribution in [-0.2, 0) is 0 Å². The van der Waals surface area contributed by atoms with Crippen molar-refractivity contribution >= 4 is 17.6 Å². The number of ether oxygens (including phenoxy) is 1. The van der Waals surface area contributed by atoms with Gasteiger partial charge >= 0.3 is 6.03 Å². The number of nitrogens with one attached hydrogen (secondary N) is 1. The third-order valence-corrected chi connectivity index (χ3v) is 5.00. The molecule has 1 N–H and O–H groups in total. The smallest absolute Gasteiger partial charge is 0.321 e. The molecule has 1 aliphatic heterocycles. The zero-order valence-corrected chi connectivity index (χ0v) is 16.6. The lowest BCUT2D eigenvalue weighted by molar-refractivity contribution is 0.0671. The van der Waals surface area contributed by atoms with E-state index in [-0.39, 0.29) is 11.9 Å². The Morgan fingerprint density at radius 2 is 1.61 bits per heavy atom. The number of amides is 3. The SMILES string of the molecule is COc1cccc(C(=O)N2CCN(C(=O)Nc3ccc(C(C)C)cc3)CC2)c1. The van der Waals surface area contributed by atoms with Gasteiger partial charge in [-0.1, -0.05) is 32.0 Å². The van der Waals surface area contributed by atoms with Gasteiger partial charge in [-0.3, -0.25) is 4.79 Å². The minimum Gasteiger partial charge on any atom is -0.497 e. The molecular formula is C22H27N3O3. The van der Waals surface area contributed by atoms with E-state index in [1.807, 2.05) is 30.3 Å². The van der Waals surface area contributed by atoms with Gasteiger partial charge in [0.1, 0.15) is 5.75 Å². The van der Waals surface area contributed by atoms with Gasteiger partial charge in [0, 0.05) is 37.4 Å². The highest BCUT2D eigenvalue weighted by molar-refractivity contribution is 5.95. The van der Waals surface area contributed by atoms with Crippen LogP contribution in [0.5, 0.6) is 5.75 Å². The Labute approximate surface area is 166 Å². The molecule has 6 nitrogen and oxygen atoms in total. The van der Waals surface area contributed by atoms with E-state index in [1.165, 1.54) is 5.56 Å². The van der Waals surface area contributed by atoms with Crippen LogP contribution in [0, 0.1) is 0 Å². The van der Waals surface area contributed by atoms with Gasteiger partial charge in [0.15, 0.2) is 0 Å². The molecule has 0 spiro atoms. The number of nitrogens with zero attached hydrogens (tertiary/aromatic N) is 2. The summed E-state index contributed by atoms with van der Waals surface area (Å²) >= 11 is 0. The van der Waals surface area contributed by atoms with Gasteiger partial charge in [-0.05, 0) is 41.8 Å². The zero-order valence-electron chi connectivity index (χ0n) is 16.6. The van der Waals surface area contributed by atoms with E-state index in [2.05, 4.69) is 19.2 Å². The number of urea groups is 1. The topological polar surface area (TPSA) is 61.9 Å². The van der Waals surface area contributed by atoms with E-state index in [9.17, 15) is 9.59 Å². The normalized spacial score (nSPS) is 14.1. The van der Waals surface area contributed by atoms with Crippen LogP contribution in [0.4, 0.5) is 10.5 Å². The Bertz CT molecular complexity index is 825. The fourth-order valence-electron chi connectivity index (χ4n) is 3.21. The first kappa shape index (κ1) is 19.7. The second-order valence-electron chi connectivity index (χ2n) is 7.22. The van der Waals surface area contributed by atoms with Crippen molar-refractivity contribution < 1.29 is 14.3 Å². The highest BCUT2D eigenvalue weighted by Gasteiger charge is 2.25. The van der Waals surface area contributed by atoms with Crippen LogP contribution in [0.1, 0.15) is 35.7 Å². The van der Waals surface area contributed by atoms with Crippen molar-refractivity contribution in [3.8, 4) is 5.75 Å². The molecule has 3 rings (SSSR count). The summed E-state index contributed by atoms with van der Waals surface area (Å²) in [6, 6.07) is 14.9. The third-order valence-electron chi connectivity index (χ3n) is 5.00. The maximum Gasteiger partial charge on any atom is 0.321 e. The summed E-state index contributed by atoms with van der Waals surface area (Å²) in [6.45, 7) is 6.31. The summed E-state index contributed by atoms with van der Waals surface area (Å²) in [5.41, 5.74) is 2.62. The molecule has 0 radical (unpaired) electrons. The van der Waals surface area contributed by atoms with Crippen LogP contribution in [0.3, 0.4) is 0 Å². The molecule has 0 unspecified atom stereocenters. The monoisotopic (exact) mass is 381 g/mol. The van der Waals surface area contributed by atoms with Crippen molar-refractivity contribution in [1.82, 2.24) is 9.80 Å². The first-order valence-electron chi connectivity index (χ1n) is 9.57. The first-order chi connectivity index (χ1) is 13.5. The summed E-state index contributed by atoms with van der Waals surface area (Å²) in [5.74, 6) is 1.08. The molecule has 148 valence electrons. The molecule has 1 heterocycles. The average molecular weight is 381 g/mol. The van der Waals surface area contributed by atoms with E-state index in [4.69, 9.17) is 4.74 Å². The van der Waals surface area contributed by atoms with Gasteiger partial charge in [0.25, 0.3) is 5.91 Å². The molecule has 0 atom stereocenters. The second kappa shape index (κ2) is 8.78. The average Bonchev–Trinajstić information content (AvgIpc) is 2.73. The predicted octanol–water partition coefficient (Wildman–Crippen LogP) is 3.81. The molecule has 6 heteroatoms. The molecule has 2 aromatic carbocycles. The fraction of sp³-hybridized carbons (Fsp3) is 0.364. The summed E-state index contributed by atoms with van der Waals surface area (Å²) in [5, 5.41) is 2.94. The second-order valence-corrected chi connectivity index (χ2v) is 7.22. The molecule has 0 aromatic heterocycles. The van der Waals surface area contributed by atoms with Crippen LogP contribution in [0.25, 0.3) is 0 Å². The molecule has 0 aliphatic carbocycles. The van der Waals surface area contributed by atoms with Crippen molar-refractivity contribution in [2.75, 3.05) is 38.6 Å². The van der Waals surface area contributed by atoms with Gasteiger partial charge in [0.2, 0.25) is 0 Å². The van der Waals surface area contributed by atoms with Crippen molar-refractivity contribution in [2.45, 2.75) is 19.8 Å². The number of hydrogen-bond donors (Lipinski definition) is 1. The molecule has 0 bridgehead atoms. The molecule has 2 aromatic rings. The lowest BCUT2D eigenvalue weighted by atomic mass is 10.0. The highest BCUT2D eigenvalue weighted by atomic mass is 16.5. The molecule has 1 aliphatic rings. The minimum absolute atomic E-state index is 0.0387.